The van der Waals surface area contributed by atoms with E-state index < -0.39 is 0 Å². The molecule has 1 amide bonds. The minimum Gasteiger partial charge on any atom is -0.332 e. The molecule has 1 saturated heterocycles. The number of ketones is 1. The Labute approximate surface area is 105 Å². The van der Waals surface area contributed by atoms with E-state index in [2.05, 4.69) is 4.98 Å². The van der Waals surface area contributed by atoms with Crippen molar-refractivity contribution in [3.63, 3.8) is 0 Å². The Kier molecular flexibility index (Phi) is 3.60. The Morgan fingerprint density at radius 1 is 1.50 bits per heavy atom. The van der Waals surface area contributed by atoms with Crippen LogP contribution < -0.4 is 5.56 Å². The van der Waals surface area contributed by atoms with Crippen LogP contribution in [0.15, 0.2) is 23.1 Å². The number of nitrogens with one attached hydrogen (secondary N) is 1. The second-order valence-corrected chi connectivity index (χ2v) is 4.56. The lowest BCUT2D eigenvalue weighted by atomic mass is 10.1. The summed E-state index contributed by atoms with van der Waals surface area (Å²) < 4.78 is 0. The third kappa shape index (κ3) is 2.50. The van der Waals surface area contributed by atoms with E-state index in [1.165, 1.54) is 13.1 Å². The lowest BCUT2D eigenvalue weighted by Gasteiger charge is -2.22. The zero-order chi connectivity index (χ0) is 13.1. The van der Waals surface area contributed by atoms with Crippen molar-refractivity contribution in [1.29, 1.82) is 0 Å². The summed E-state index contributed by atoms with van der Waals surface area (Å²) in [6.07, 6.45) is 3.16. The number of hydrogen-bond acceptors (Lipinski definition) is 3. The lowest BCUT2D eigenvalue weighted by Crippen LogP contribution is -2.41. The third-order valence-electron chi connectivity index (χ3n) is 3.28. The number of Topliss-reactive ketones (excluding diaryl/α,β-unsaturated/α-hetero) is 1. The molecule has 1 atom stereocenters. The maximum atomic E-state index is 12.1. The van der Waals surface area contributed by atoms with E-state index in [0.29, 0.717) is 12.1 Å². The molecule has 96 valence electrons. The van der Waals surface area contributed by atoms with Crippen LogP contribution in [0.25, 0.3) is 0 Å². The van der Waals surface area contributed by atoms with Gasteiger partial charge < -0.3 is 9.88 Å². The number of H-pyrrole nitrogens is 1. The smallest absolute Gasteiger partial charge is 0.251 e. The molecule has 0 aromatic carbocycles. The topological polar surface area (TPSA) is 70.2 Å². The van der Waals surface area contributed by atoms with Crippen molar-refractivity contribution in [2.24, 2.45) is 0 Å². The van der Waals surface area contributed by atoms with Gasteiger partial charge in [0.1, 0.15) is 0 Å². The van der Waals surface area contributed by atoms with Crippen LogP contribution >= 0.6 is 0 Å². The molecule has 2 heterocycles. The first-order chi connectivity index (χ1) is 8.59. The molecule has 5 heteroatoms. The number of aromatic amines is 1. The molecule has 2 rings (SSSR count). The third-order valence-corrected chi connectivity index (χ3v) is 3.28. The first-order valence-corrected chi connectivity index (χ1v) is 6.06. The first-order valence-electron chi connectivity index (χ1n) is 6.06. The maximum absolute atomic E-state index is 12.1. The van der Waals surface area contributed by atoms with Crippen molar-refractivity contribution >= 4 is 11.7 Å². The monoisotopic (exact) mass is 248 g/mol. The van der Waals surface area contributed by atoms with Gasteiger partial charge in [0, 0.05) is 18.3 Å². The van der Waals surface area contributed by atoms with Crippen LogP contribution in [0.4, 0.5) is 0 Å². The van der Waals surface area contributed by atoms with Gasteiger partial charge in [-0.3, -0.25) is 14.4 Å². The quantitative estimate of drug-likeness (QED) is 0.846. The second kappa shape index (κ2) is 5.16. The number of pyridine rings is 1. The van der Waals surface area contributed by atoms with Gasteiger partial charge in [-0.1, -0.05) is 6.07 Å². The molecule has 18 heavy (non-hydrogen) atoms. The number of likely N-dealkylation sites (tertiary alicyclic amines) is 1. The van der Waals surface area contributed by atoms with Gasteiger partial charge in [0.25, 0.3) is 5.56 Å². The zero-order valence-electron chi connectivity index (χ0n) is 10.3. The summed E-state index contributed by atoms with van der Waals surface area (Å²) in [7, 11) is 0. The zero-order valence-corrected chi connectivity index (χ0v) is 10.3. The average Bonchev–Trinajstić information content (AvgIpc) is 2.81. The number of amides is 1. The first kappa shape index (κ1) is 12.5. The van der Waals surface area contributed by atoms with Crippen LogP contribution in [-0.4, -0.2) is 34.2 Å². The minimum absolute atomic E-state index is 0.0165. The number of aromatic nitrogens is 1. The normalized spacial score (nSPS) is 18.9. The van der Waals surface area contributed by atoms with Crippen molar-refractivity contribution in [3.05, 3.63) is 34.2 Å². The number of carbonyl (C=O) groups is 2. The van der Waals surface area contributed by atoms with Crippen molar-refractivity contribution in [2.75, 3.05) is 6.54 Å². The Morgan fingerprint density at radius 2 is 2.28 bits per heavy atom. The van der Waals surface area contributed by atoms with Crippen molar-refractivity contribution in [1.82, 2.24) is 9.88 Å². The second-order valence-electron chi connectivity index (χ2n) is 4.56. The highest BCUT2D eigenvalue weighted by Crippen LogP contribution is 2.18. The highest BCUT2D eigenvalue weighted by molar-refractivity contribution is 5.88. The van der Waals surface area contributed by atoms with Crippen LogP contribution in [0.1, 0.15) is 25.3 Å². The summed E-state index contributed by atoms with van der Waals surface area (Å²) in [4.78, 5) is 39.1. The highest BCUT2D eigenvalue weighted by Gasteiger charge is 2.31. The summed E-state index contributed by atoms with van der Waals surface area (Å²) in [6, 6.07) is 3.02. The molecular formula is C13H16N2O3. The van der Waals surface area contributed by atoms with E-state index in [-0.39, 0.29) is 29.7 Å². The van der Waals surface area contributed by atoms with Gasteiger partial charge in [-0.15, -0.1) is 0 Å². The Bertz CT molecular complexity index is 521. The Balaban J connectivity index is 2.11. The summed E-state index contributed by atoms with van der Waals surface area (Å²) >= 11 is 0. The van der Waals surface area contributed by atoms with Crippen LogP contribution in [-0.2, 0) is 16.0 Å². The van der Waals surface area contributed by atoms with Crippen LogP contribution in [0.2, 0.25) is 0 Å². The molecule has 1 aliphatic rings. The number of rotatable bonds is 3. The number of carbonyl (C=O) groups excluding carboxylic acids is 2. The average molecular weight is 248 g/mol. The molecule has 5 nitrogen and oxygen atoms in total. The molecule has 0 unspecified atom stereocenters. The molecular weight excluding hydrogens is 232 g/mol. The van der Waals surface area contributed by atoms with Crippen molar-refractivity contribution < 1.29 is 9.59 Å². The summed E-state index contributed by atoms with van der Waals surface area (Å²) in [5.74, 6) is -0.132. The van der Waals surface area contributed by atoms with E-state index in [9.17, 15) is 14.4 Å². The summed E-state index contributed by atoms with van der Waals surface area (Å²) in [5, 5.41) is 0. The minimum atomic E-state index is -0.305. The van der Waals surface area contributed by atoms with Gasteiger partial charge in [0.2, 0.25) is 5.91 Å². The van der Waals surface area contributed by atoms with Crippen LogP contribution in [0.3, 0.4) is 0 Å². The summed E-state index contributed by atoms with van der Waals surface area (Å²) in [5.41, 5.74) is 0.195. The van der Waals surface area contributed by atoms with E-state index in [4.69, 9.17) is 0 Å². The van der Waals surface area contributed by atoms with Gasteiger partial charge in [-0.25, -0.2) is 0 Å². The predicted molar refractivity (Wildman–Crippen MR) is 66.2 cm³/mol. The number of hydrogen-bond donors (Lipinski definition) is 1. The summed E-state index contributed by atoms with van der Waals surface area (Å²) in [6.45, 7) is 2.11. The van der Waals surface area contributed by atoms with Gasteiger partial charge in [-0.05, 0) is 25.8 Å². The Morgan fingerprint density at radius 3 is 2.94 bits per heavy atom. The molecule has 0 aliphatic carbocycles. The number of nitrogens with zero attached hydrogens (tertiary/aromatic N) is 1. The largest absolute Gasteiger partial charge is 0.332 e. The van der Waals surface area contributed by atoms with Crippen LogP contribution in [0, 0.1) is 0 Å². The molecule has 0 radical (unpaired) electrons. The van der Waals surface area contributed by atoms with Crippen molar-refractivity contribution in [3.8, 4) is 0 Å². The molecule has 1 aliphatic heterocycles. The molecule has 1 fully saturated rings. The molecule has 1 aromatic heterocycles. The lowest BCUT2D eigenvalue weighted by molar-refractivity contribution is -0.136. The standard InChI is InChI=1S/C13H16N2O3/c1-9(16)11-5-3-7-15(11)12(17)8-10-4-2-6-14-13(10)18/h2,4,6,11H,3,5,7-8H2,1H3,(H,14,18)/t11-/m0/s1. The van der Waals surface area contributed by atoms with Crippen LogP contribution in [0.5, 0.6) is 0 Å². The van der Waals surface area contributed by atoms with E-state index in [0.717, 1.165) is 12.8 Å². The van der Waals surface area contributed by atoms with E-state index in [1.54, 1.807) is 17.0 Å². The van der Waals surface area contributed by atoms with E-state index >= 15 is 0 Å². The highest BCUT2D eigenvalue weighted by atomic mass is 16.2. The molecule has 0 spiro atoms. The molecule has 1 aromatic rings. The molecule has 0 saturated carbocycles. The van der Waals surface area contributed by atoms with Gasteiger partial charge in [0.05, 0.1) is 12.5 Å². The SMILES string of the molecule is CC(=O)[C@@H]1CCCN1C(=O)Cc1ccc[nH]c1=O. The Hall–Kier alpha value is -1.91. The fourth-order valence-electron chi connectivity index (χ4n) is 2.35. The van der Waals surface area contributed by atoms with Gasteiger partial charge in [-0.2, -0.15) is 0 Å². The van der Waals surface area contributed by atoms with Gasteiger partial charge in [0.15, 0.2) is 5.78 Å². The predicted octanol–water partition coefficient (Wildman–Crippen LogP) is 0.497. The molecule has 0 bridgehead atoms. The fraction of sp³-hybridized carbons (Fsp3) is 0.462. The van der Waals surface area contributed by atoms with Gasteiger partial charge >= 0.3 is 0 Å². The van der Waals surface area contributed by atoms with Crippen molar-refractivity contribution in [2.45, 2.75) is 32.2 Å². The molecule has 1 N–H and O–H groups in total. The maximum Gasteiger partial charge on any atom is 0.251 e. The van der Waals surface area contributed by atoms with E-state index in [1.807, 2.05) is 0 Å². The fourth-order valence-corrected chi connectivity index (χ4v) is 2.35.